The lowest BCUT2D eigenvalue weighted by Gasteiger charge is -2.36. The van der Waals surface area contributed by atoms with Crippen LogP contribution in [0.4, 0.5) is 0 Å². The Labute approximate surface area is 85.9 Å². The van der Waals surface area contributed by atoms with Gasteiger partial charge in [0.05, 0.1) is 18.8 Å². The monoisotopic (exact) mass is 202 g/mol. The molecule has 0 spiro atoms. The van der Waals surface area contributed by atoms with Gasteiger partial charge in [-0.3, -0.25) is 0 Å². The Hall–Kier alpha value is -0.160. The molecule has 1 saturated heterocycles. The predicted molar refractivity (Wildman–Crippen MR) is 56.2 cm³/mol. The van der Waals surface area contributed by atoms with Crippen LogP contribution in [0.25, 0.3) is 0 Å². The number of nitrogens with one attached hydrogen (secondary N) is 1. The molecule has 0 atom stereocenters. The molecule has 1 rings (SSSR count). The van der Waals surface area contributed by atoms with Crippen LogP contribution in [0.2, 0.25) is 0 Å². The van der Waals surface area contributed by atoms with Crippen molar-refractivity contribution in [1.82, 2.24) is 10.2 Å². The fourth-order valence-corrected chi connectivity index (χ4v) is 1.79. The summed E-state index contributed by atoms with van der Waals surface area (Å²) in [7, 11) is 2.12. The molecule has 3 N–H and O–H groups in total. The Kier molecular flexibility index (Phi) is 4.31. The molecular formula is C10H22N2O2. The molecular weight excluding hydrogens is 180 g/mol. The molecule has 1 fully saturated rings. The number of rotatable bonds is 4. The molecule has 84 valence electrons. The minimum Gasteiger partial charge on any atom is -0.394 e. The van der Waals surface area contributed by atoms with Gasteiger partial charge >= 0.3 is 0 Å². The van der Waals surface area contributed by atoms with Crippen LogP contribution in [-0.2, 0) is 0 Å². The quantitative estimate of drug-likeness (QED) is 0.570. The van der Waals surface area contributed by atoms with E-state index < -0.39 is 5.54 Å². The molecule has 1 aliphatic heterocycles. The van der Waals surface area contributed by atoms with Crippen molar-refractivity contribution in [2.24, 2.45) is 0 Å². The third kappa shape index (κ3) is 3.20. The zero-order valence-electron chi connectivity index (χ0n) is 9.16. The normalized spacial score (nSPS) is 21.4. The van der Waals surface area contributed by atoms with Crippen LogP contribution in [-0.4, -0.2) is 60.0 Å². The van der Waals surface area contributed by atoms with Crippen molar-refractivity contribution < 1.29 is 10.2 Å². The third-order valence-electron chi connectivity index (χ3n) is 2.97. The molecule has 0 amide bonds. The number of aliphatic hydroxyl groups is 2. The Bertz CT molecular complexity index is 164. The molecule has 4 heteroatoms. The van der Waals surface area contributed by atoms with Gasteiger partial charge in [-0.05, 0) is 39.9 Å². The fourth-order valence-electron chi connectivity index (χ4n) is 1.79. The predicted octanol–water partition coefficient (Wildman–Crippen LogP) is -0.586. The summed E-state index contributed by atoms with van der Waals surface area (Å²) in [5.41, 5.74) is -0.527. The number of nitrogens with zero attached hydrogens (tertiary/aromatic N) is 1. The van der Waals surface area contributed by atoms with Crippen LogP contribution in [0.1, 0.15) is 19.8 Å². The summed E-state index contributed by atoms with van der Waals surface area (Å²) in [6.45, 7) is 3.99. The smallest absolute Gasteiger partial charge is 0.0633 e. The topological polar surface area (TPSA) is 55.7 Å². The van der Waals surface area contributed by atoms with Crippen molar-refractivity contribution in [2.45, 2.75) is 31.3 Å². The number of piperidine rings is 1. The SMILES string of the molecule is CN1CCC(NC(C)(CO)CO)CC1. The first-order valence-corrected chi connectivity index (χ1v) is 5.27. The average Bonchev–Trinajstić information content (AvgIpc) is 2.21. The molecule has 14 heavy (non-hydrogen) atoms. The molecule has 4 nitrogen and oxygen atoms in total. The zero-order chi connectivity index (χ0) is 10.6. The van der Waals surface area contributed by atoms with Crippen LogP contribution >= 0.6 is 0 Å². The fraction of sp³-hybridized carbons (Fsp3) is 1.00. The first-order chi connectivity index (χ1) is 6.59. The molecule has 0 aliphatic carbocycles. The Morgan fingerprint density at radius 3 is 2.21 bits per heavy atom. The molecule has 0 bridgehead atoms. The van der Waals surface area contributed by atoms with Crippen molar-refractivity contribution in [1.29, 1.82) is 0 Å². The first-order valence-electron chi connectivity index (χ1n) is 5.27. The largest absolute Gasteiger partial charge is 0.394 e. The van der Waals surface area contributed by atoms with Crippen LogP contribution < -0.4 is 5.32 Å². The lowest BCUT2D eigenvalue weighted by molar-refractivity contribution is 0.0826. The summed E-state index contributed by atoms with van der Waals surface area (Å²) >= 11 is 0. The highest BCUT2D eigenvalue weighted by Gasteiger charge is 2.27. The molecule has 1 heterocycles. The second-order valence-corrected chi connectivity index (χ2v) is 4.60. The van der Waals surface area contributed by atoms with E-state index in [1.807, 2.05) is 6.92 Å². The van der Waals surface area contributed by atoms with Gasteiger partial charge in [0.15, 0.2) is 0 Å². The molecule has 0 saturated carbocycles. The van der Waals surface area contributed by atoms with Gasteiger partial charge in [0.25, 0.3) is 0 Å². The van der Waals surface area contributed by atoms with Crippen molar-refractivity contribution in [2.75, 3.05) is 33.4 Å². The molecule has 0 aromatic rings. The first kappa shape index (κ1) is 11.9. The van der Waals surface area contributed by atoms with Crippen LogP contribution in [0, 0.1) is 0 Å². The van der Waals surface area contributed by atoms with E-state index in [0.717, 1.165) is 25.9 Å². The minimum atomic E-state index is -0.527. The summed E-state index contributed by atoms with van der Waals surface area (Å²) in [5, 5.41) is 21.6. The summed E-state index contributed by atoms with van der Waals surface area (Å²) < 4.78 is 0. The minimum absolute atomic E-state index is 0.0180. The van der Waals surface area contributed by atoms with Crippen LogP contribution in [0.15, 0.2) is 0 Å². The molecule has 0 unspecified atom stereocenters. The second-order valence-electron chi connectivity index (χ2n) is 4.60. The van der Waals surface area contributed by atoms with Crippen molar-refractivity contribution >= 4 is 0 Å². The Morgan fingerprint density at radius 1 is 1.29 bits per heavy atom. The van der Waals surface area contributed by atoms with Crippen LogP contribution in [0.3, 0.4) is 0 Å². The summed E-state index contributed by atoms with van der Waals surface area (Å²) in [5.74, 6) is 0. The van der Waals surface area contributed by atoms with Gasteiger partial charge in [0.1, 0.15) is 0 Å². The zero-order valence-corrected chi connectivity index (χ0v) is 9.16. The van der Waals surface area contributed by atoms with Gasteiger partial charge in [-0.15, -0.1) is 0 Å². The van der Waals surface area contributed by atoms with Gasteiger partial charge in [0, 0.05) is 6.04 Å². The van der Waals surface area contributed by atoms with Gasteiger partial charge < -0.3 is 20.4 Å². The molecule has 0 aromatic heterocycles. The third-order valence-corrected chi connectivity index (χ3v) is 2.97. The molecule has 0 aromatic carbocycles. The van der Waals surface area contributed by atoms with E-state index in [1.165, 1.54) is 0 Å². The van der Waals surface area contributed by atoms with Crippen molar-refractivity contribution in [3.8, 4) is 0 Å². The maximum atomic E-state index is 9.14. The maximum Gasteiger partial charge on any atom is 0.0633 e. The van der Waals surface area contributed by atoms with Gasteiger partial charge in [-0.2, -0.15) is 0 Å². The van der Waals surface area contributed by atoms with E-state index in [0.29, 0.717) is 6.04 Å². The maximum absolute atomic E-state index is 9.14. The van der Waals surface area contributed by atoms with E-state index >= 15 is 0 Å². The van der Waals surface area contributed by atoms with Crippen molar-refractivity contribution in [3.05, 3.63) is 0 Å². The number of aliphatic hydroxyl groups excluding tert-OH is 2. The second kappa shape index (κ2) is 5.07. The number of likely N-dealkylation sites (tertiary alicyclic amines) is 1. The highest BCUT2D eigenvalue weighted by Crippen LogP contribution is 2.12. The Balaban J connectivity index is 2.36. The van der Waals surface area contributed by atoms with Gasteiger partial charge in [0.2, 0.25) is 0 Å². The van der Waals surface area contributed by atoms with E-state index in [4.69, 9.17) is 10.2 Å². The lowest BCUT2D eigenvalue weighted by atomic mass is 9.98. The average molecular weight is 202 g/mol. The van der Waals surface area contributed by atoms with E-state index in [2.05, 4.69) is 17.3 Å². The molecule has 1 aliphatic rings. The molecule has 0 radical (unpaired) electrons. The van der Waals surface area contributed by atoms with E-state index in [1.54, 1.807) is 0 Å². The standard InChI is InChI=1S/C10H22N2O2/c1-10(7-13,8-14)11-9-3-5-12(2)6-4-9/h9,11,13-14H,3-8H2,1-2H3. The van der Waals surface area contributed by atoms with Gasteiger partial charge in [-0.1, -0.05) is 0 Å². The van der Waals surface area contributed by atoms with E-state index in [9.17, 15) is 0 Å². The Morgan fingerprint density at radius 2 is 1.79 bits per heavy atom. The highest BCUT2D eigenvalue weighted by molar-refractivity contribution is 4.87. The number of hydrogen-bond acceptors (Lipinski definition) is 4. The summed E-state index contributed by atoms with van der Waals surface area (Å²) in [6, 6.07) is 0.426. The summed E-state index contributed by atoms with van der Waals surface area (Å²) in [6.07, 6.45) is 2.18. The number of hydrogen-bond donors (Lipinski definition) is 3. The van der Waals surface area contributed by atoms with Crippen molar-refractivity contribution in [3.63, 3.8) is 0 Å². The van der Waals surface area contributed by atoms with E-state index in [-0.39, 0.29) is 13.2 Å². The highest BCUT2D eigenvalue weighted by atomic mass is 16.3. The van der Waals surface area contributed by atoms with Gasteiger partial charge in [-0.25, -0.2) is 0 Å². The van der Waals surface area contributed by atoms with Crippen LogP contribution in [0.5, 0.6) is 0 Å². The summed E-state index contributed by atoms with van der Waals surface area (Å²) in [4.78, 5) is 2.30. The lowest BCUT2D eigenvalue weighted by Crippen LogP contribution is -2.55.